The minimum Gasteiger partial charge on any atom is -0.339 e. The SMILES string of the molecule is Cc1noc(C[C@H]2CCCN(S(=O)(=O)CC34CCC(CC3)C4)C2)n1. The lowest BCUT2D eigenvalue weighted by atomic mass is 9.87. The van der Waals surface area contributed by atoms with Gasteiger partial charge in [0.05, 0.1) is 5.75 Å². The van der Waals surface area contributed by atoms with Crippen LogP contribution >= 0.6 is 0 Å². The van der Waals surface area contributed by atoms with Gasteiger partial charge in [-0.25, -0.2) is 12.7 Å². The van der Waals surface area contributed by atoms with E-state index in [0.29, 0.717) is 37.0 Å². The quantitative estimate of drug-likeness (QED) is 0.813. The molecule has 0 aromatic carbocycles. The fourth-order valence-electron chi connectivity index (χ4n) is 5.11. The Kier molecular flexibility index (Phi) is 4.19. The third kappa shape index (κ3) is 3.25. The van der Waals surface area contributed by atoms with Gasteiger partial charge in [-0.1, -0.05) is 5.16 Å². The second-order valence-corrected chi connectivity index (χ2v) is 10.2. The average Bonchev–Trinajstić information content (AvgIpc) is 3.23. The smallest absolute Gasteiger partial charge is 0.226 e. The Hall–Kier alpha value is -0.950. The van der Waals surface area contributed by atoms with Crippen LogP contribution in [0.15, 0.2) is 4.52 Å². The predicted molar refractivity (Wildman–Crippen MR) is 89.8 cm³/mol. The van der Waals surface area contributed by atoms with E-state index in [1.165, 1.54) is 12.8 Å². The number of rotatable bonds is 5. The van der Waals surface area contributed by atoms with Crippen LogP contribution in [-0.2, 0) is 16.4 Å². The Labute approximate surface area is 144 Å². The van der Waals surface area contributed by atoms with Crippen molar-refractivity contribution in [3.63, 3.8) is 0 Å². The number of fused-ring (bicyclic) bond motifs is 2. The van der Waals surface area contributed by atoms with E-state index in [-0.39, 0.29) is 11.3 Å². The van der Waals surface area contributed by atoms with Crippen molar-refractivity contribution in [3.05, 3.63) is 11.7 Å². The zero-order chi connectivity index (χ0) is 16.8. The summed E-state index contributed by atoms with van der Waals surface area (Å²) in [6, 6.07) is 0. The molecule has 0 radical (unpaired) electrons. The minimum atomic E-state index is -3.16. The summed E-state index contributed by atoms with van der Waals surface area (Å²) in [5.41, 5.74) is 0.0834. The molecule has 1 saturated heterocycles. The lowest BCUT2D eigenvalue weighted by Crippen LogP contribution is -2.44. The van der Waals surface area contributed by atoms with Crippen molar-refractivity contribution in [3.8, 4) is 0 Å². The van der Waals surface area contributed by atoms with Crippen molar-refractivity contribution in [2.24, 2.45) is 17.3 Å². The van der Waals surface area contributed by atoms with Crippen molar-refractivity contribution in [2.75, 3.05) is 18.8 Å². The topological polar surface area (TPSA) is 76.3 Å². The van der Waals surface area contributed by atoms with E-state index < -0.39 is 10.0 Å². The predicted octanol–water partition coefficient (Wildman–Crippen LogP) is 2.54. The highest BCUT2D eigenvalue weighted by Gasteiger charge is 2.48. The Bertz CT molecular complexity index is 692. The largest absolute Gasteiger partial charge is 0.339 e. The summed E-state index contributed by atoms with van der Waals surface area (Å²) in [6.07, 6.45) is 8.44. The average molecular weight is 353 g/mol. The van der Waals surface area contributed by atoms with Gasteiger partial charge in [-0.3, -0.25) is 0 Å². The molecule has 1 atom stereocenters. The highest BCUT2D eigenvalue weighted by Crippen LogP contribution is 2.54. The zero-order valence-electron chi connectivity index (χ0n) is 14.4. The molecule has 7 heteroatoms. The summed E-state index contributed by atoms with van der Waals surface area (Å²) < 4.78 is 32.9. The number of piperidine rings is 1. The first-order valence-electron chi connectivity index (χ1n) is 9.21. The van der Waals surface area contributed by atoms with Crippen molar-refractivity contribution < 1.29 is 12.9 Å². The van der Waals surface area contributed by atoms with Crippen LogP contribution in [0.4, 0.5) is 0 Å². The molecule has 2 aliphatic carbocycles. The molecule has 2 bridgehead atoms. The Morgan fingerprint density at radius 3 is 2.71 bits per heavy atom. The number of hydrogen-bond donors (Lipinski definition) is 0. The maximum absolute atomic E-state index is 13.0. The van der Waals surface area contributed by atoms with Gasteiger partial charge in [0.2, 0.25) is 15.9 Å². The highest BCUT2D eigenvalue weighted by molar-refractivity contribution is 7.89. The summed E-state index contributed by atoms with van der Waals surface area (Å²) in [4.78, 5) is 4.26. The summed E-state index contributed by atoms with van der Waals surface area (Å²) in [5, 5.41) is 3.83. The maximum atomic E-state index is 13.0. The van der Waals surface area contributed by atoms with Gasteiger partial charge in [0.15, 0.2) is 5.82 Å². The van der Waals surface area contributed by atoms with E-state index in [4.69, 9.17) is 4.52 Å². The van der Waals surface area contributed by atoms with Crippen LogP contribution < -0.4 is 0 Å². The number of nitrogens with zero attached hydrogens (tertiary/aromatic N) is 3. The third-order valence-corrected chi connectivity index (χ3v) is 8.38. The molecule has 2 heterocycles. The lowest BCUT2D eigenvalue weighted by molar-refractivity contribution is 0.241. The summed E-state index contributed by atoms with van der Waals surface area (Å²) in [6.45, 7) is 3.07. The van der Waals surface area contributed by atoms with E-state index in [2.05, 4.69) is 10.1 Å². The molecule has 3 fully saturated rings. The molecule has 1 aromatic heterocycles. The van der Waals surface area contributed by atoms with Crippen LogP contribution in [-0.4, -0.2) is 41.7 Å². The van der Waals surface area contributed by atoms with E-state index in [1.54, 1.807) is 11.2 Å². The summed E-state index contributed by atoms with van der Waals surface area (Å²) >= 11 is 0. The molecule has 3 aliphatic rings. The molecule has 0 amide bonds. The maximum Gasteiger partial charge on any atom is 0.226 e. The second kappa shape index (κ2) is 6.09. The molecule has 0 unspecified atom stereocenters. The van der Waals surface area contributed by atoms with Crippen molar-refractivity contribution in [1.29, 1.82) is 0 Å². The van der Waals surface area contributed by atoms with Gasteiger partial charge in [0.1, 0.15) is 0 Å². The van der Waals surface area contributed by atoms with E-state index in [1.807, 2.05) is 0 Å². The lowest BCUT2D eigenvalue weighted by Gasteiger charge is -2.35. The fraction of sp³-hybridized carbons (Fsp3) is 0.882. The molecule has 6 nitrogen and oxygen atoms in total. The molecular weight excluding hydrogens is 326 g/mol. The van der Waals surface area contributed by atoms with Crippen LogP contribution in [0.1, 0.15) is 56.7 Å². The van der Waals surface area contributed by atoms with Gasteiger partial charge in [-0.2, -0.15) is 4.98 Å². The van der Waals surface area contributed by atoms with Gasteiger partial charge in [-0.15, -0.1) is 0 Å². The molecule has 24 heavy (non-hydrogen) atoms. The van der Waals surface area contributed by atoms with Crippen LogP contribution in [0.5, 0.6) is 0 Å². The first-order chi connectivity index (χ1) is 11.4. The number of aryl methyl sites for hydroxylation is 1. The Morgan fingerprint density at radius 1 is 1.29 bits per heavy atom. The highest BCUT2D eigenvalue weighted by atomic mass is 32.2. The van der Waals surface area contributed by atoms with Crippen LogP contribution in [0.2, 0.25) is 0 Å². The molecule has 2 saturated carbocycles. The Morgan fingerprint density at radius 2 is 2.08 bits per heavy atom. The molecule has 1 aliphatic heterocycles. The molecule has 134 valence electrons. The van der Waals surface area contributed by atoms with Crippen molar-refractivity contribution >= 4 is 10.0 Å². The molecule has 1 aromatic rings. The van der Waals surface area contributed by atoms with Crippen LogP contribution in [0, 0.1) is 24.2 Å². The first kappa shape index (κ1) is 16.5. The standard InChI is InChI=1S/C17H27N3O3S/c1-13-18-16(23-19-13)9-15-3-2-8-20(11-15)24(21,22)12-17-6-4-14(10-17)5-7-17/h14-15H,2-12H2,1H3/t14?,15-,17?/m1/s1. The monoisotopic (exact) mass is 353 g/mol. The zero-order valence-corrected chi connectivity index (χ0v) is 15.2. The van der Waals surface area contributed by atoms with Gasteiger partial charge < -0.3 is 4.52 Å². The molecular formula is C17H27N3O3S. The molecule has 0 spiro atoms. The van der Waals surface area contributed by atoms with Crippen LogP contribution in [0.3, 0.4) is 0 Å². The normalized spacial score (nSPS) is 34.0. The second-order valence-electron chi connectivity index (χ2n) is 8.21. The Balaban J connectivity index is 1.41. The van der Waals surface area contributed by atoms with Gasteiger partial charge in [0.25, 0.3) is 0 Å². The summed E-state index contributed by atoms with van der Waals surface area (Å²) in [5.74, 6) is 2.70. The fourth-order valence-corrected chi connectivity index (χ4v) is 7.32. The molecule has 0 N–H and O–H groups in total. The third-order valence-electron chi connectivity index (χ3n) is 6.28. The van der Waals surface area contributed by atoms with Gasteiger partial charge in [-0.05, 0) is 69.1 Å². The van der Waals surface area contributed by atoms with Crippen LogP contribution in [0.25, 0.3) is 0 Å². The van der Waals surface area contributed by atoms with Gasteiger partial charge >= 0.3 is 0 Å². The van der Waals surface area contributed by atoms with Crippen molar-refractivity contribution in [1.82, 2.24) is 14.4 Å². The summed E-state index contributed by atoms with van der Waals surface area (Å²) in [7, 11) is -3.16. The number of hydrogen-bond acceptors (Lipinski definition) is 5. The number of aromatic nitrogens is 2. The molecule has 4 rings (SSSR count). The van der Waals surface area contributed by atoms with Crippen molar-refractivity contribution in [2.45, 2.75) is 58.3 Å². The van der Waals surface area contributed by atoms with E-state index >= 15 is 0 Å². The number of sulfonamides is 1. The first-order valence-corrected chi connectivity index (χ1v) is 10.8. The minimum absolute atomic E-state index is 0.0834. The van der Waals surface area contributed by atoms with E-state index in [9.17, 15) is 8.42 Å². The van der Waals surface area contributed by atoms with Gasteiger partial charge in [0, 0.05) is 19.5 Å². The van der Waals surface area contributed by atoms with E-state index in [0.717, 1.165) is 38.0 Å².